The number of rotatable bonds is 3. The van der Waals surface area contributed by atoms with E-state index < -0.39 is 0 Å². The summed E-state index contributed by atoms with van der Waals surface area (Å²) in [5, 5.41) is 12.3. The van der Waals surface area contributed by atoms with Crippen molar-refractivity contribution in [3.63, 3.8) is 0 Å². The standard InChI is InChI=1S/C53H31N3O/c57-53-43-17-5-4-15-38(43)40-20-11-21-41-45-31-33(24-28-48(45)56(53)51(40)41)36-19-10-12-32-30-35(25-26-37(32)36)55-46-22-8-6-16-39(46)42-27-29-49-50(52(42)55)44-18-7-9-23-47(44)54(49)34-13-2-1-3-14-34/h1-31H. The molecule has 0 unspecified atom stereocenters. The molecule has 13 rings (SSSR count). The summed E-state index contributed by atoms with van der Waals surface area (Å²) in [6.07, 6.45) is 0. The van der Waals surface area contributed by atoms with E-state index in [4.69, 9.17) is 0 Å². The van der Waals surface area contributed by atoms with Gasteiger partial charge in [-0.25, -0.2) is 0 Å². The Morgan fingerprint density at radius 1 is 0.333 bits per heavy atom. The predicted octanol–water partition coefficient (Wildman–Crippen LogP) is 13.2. The minimum atomic E-state index is 0.0294. The first kappa shape index (κ1) is 30.6. The predicted molar refractivity (Wildman–Crippen MR) is 239 cm³/mol. The second kappa shape index (κ2) is 11.2. The van der Waals surface area contributed by atoms with Gasteiger partial charge in [0, 0.05) is 54.5 Å². The van der Waals surface area contributed by atoms with Gasteiger partial charge in [-0.3, -0.25) is 9.20 Å². The third-order valence-corrected chi connectivity index (χ3v) is 12.4. The molecule has 4 nitrogen and oxygen atoms in total. The highest BCUT2D eigenvalue weighted by molar-refractivity contribution is 6.26. The topological polar surface area (TPSA) is 31.3 Å². The smallest absolute Gasteiger partial charge is 0.263 e. The zero-order chi connectivity index (χ0) is 37.4. The molecule has 0 aliphatic heterocycles. The summed E-state index contributed by atoms with van der Waals surface area (Å²) in [5.41, 5.74) is 11.3. The lowest BCUT2D eigenvalue weighted by Crippen LogP contribution is -2.12. The van der Waals surface area contributed by atoms with Crippen LogP contribution in [0.15, 0.2) is 193 Å². The number of benzene rings is 9. The Balaban J connectivity index is 1.05. The summed E-state index contributed by atoms with van der Waals surface area (Å²) in [7, 11) is 0. The van der Waals surface area contributed by atoms with Crippen molar-refractivity contribution >= 4 is 92.3 Å². The Labute approximate surface area is 325 Å². The SMILES string of the molecule is O=c1c2ccccc2c2cccc3c4cc(-c5cccc6cc(-n7c8ccccc8c8ccc9c(c%10ccccc%10n9-c9ccccc9)c87)ccc56)ccc4n1c23. The van der Waals surface area contributed by atoms with Crippen molar-refractivity contribution in [2.75, 3.05) is 0 Å². The molecule has 0 aliphatic carbocycles. The van der Waals surface area contributed by atoms with Crippen molar-refractivity contribution in [3.8, 4) is 22.5 Å². The van der Waals surface area contributed by atoms with Crippen molar-refractivity contribution in [2.45, 2.75) is 0 Å². The summed E-state index contributed by atoms with van der Waals surface area (Å²) >= 11 is 0. The van der Waals surface area contributed by atoms with Crippen molar-refractivity contribution in [3.05, 3.63) is 198 Å². The van der Waals surface area contributed by atoms with E-state index in [1.54, 1.807) is 0 Å². The van der Waals surface area contributed by atoms with E-state index in [9.17, 15) is 4.79 Å². The van der Waals surface area contributed by atoms with Crippen molar-refractivity contribution < 1.29 is 0 Å². The van der Waals surface area contributed by atoms with E-state index in [1.165, 1.54) is 54.4 Å². The summed E-state index contributed by atoms with van der Waals surface area (Å²) < 4.78 is 6.78. The normalized spacial score (nSPS) is 12.3. The van der Waals surface area contributed by atoms with Gasteiger partial charge in [-0.2, -0.15) is 0 Å². The Morgan fingerprint density at radius 3 is 1.81 bits per heavy atom. The molecule has 9 aromatic carbocycles. The maximum atomic E-state index is 14.0. The van der Waals surface area contributed by atoms with Gasteiger partial charge in [-0.05, 0) is 87.9 Å². The molecular weight excluding hydrogens is 695 g/mol. The molecule has 0 spiro atoms. The van der Waals surface area contributed by atoms with Crippen LogP contribution in [0, 0.1) is 0 Å². The van der Waals surface area contributed by atoms with Crippen LogP contribution < -0.4 is 5.56 Å². The van der Waals surface area contributed by atoms with Crippen LogP contribution in [0.3, 0.4) is 0 Å². The van der Waals surface area contributed by atoms with Gasteiger partial charge in [0.25, 0.3) is 5.56 Å². The van der Waals surface area contributed by atoms with E-state index in [2.05, 4.69) is 179 Å². The van der Waals surface area contributed by atoms with Gasteiger partial charge in [-0.1, -0.05) is 127 Å². The summed E-state index contributed by atoms with van der Waals surface area (Å²) in [6.45, 7) is 0. The van der Waals surface area contributed by atoms with Crippen LogP contribution in [-0.2, 0) is 0 Å². The summed E-state index contributed by atoms with van der Waals surface area (Å²) in [6, 6.07) is 67.3. The van der Waals surface area contributed by atoms with Crippen LogP contribution in [0.2, 0.25) is 0 Å². The maximum Gasteiger partial charge on any atom is 0.263 e. The zero-order valence-corrected chi connectivity index (χ0v) is 30.6. The molecule has 13 aromatic rings. The molecule has 0 radical (unpaired) electrons. The molecule has 4 aromatic heterocycles. The van der Waals surface area contributed by atoms with E-state index in [1.807, 2.05) is 22.6 Å². The molecule has 264 valence electrons. The molecule has 0 amide bonds. The first-order chi connectivity index (χ1) is 28.2. The first-order valence-corrected chi connectivity index (χ1v) is 19.5. The molecule has 0 fully saturated rings. The van der Waals surface area contributed by atoms with Crippen LogP contribution in [0.5, 0.6) is 0 Å². The minimum absolute atomic E-state index is 0.0294. The number of hydrogen-bond donors (Lipinski definition) is 0. The number of pyridine rings is 1. The molecule has 0 aliphatic rings. The molecule has 0 saturated heterocycles. The number of para-hydroxylation sites is 4. The highest BCUT2D eigenvalue weighted by Gasteiger charge is 2.22. The van der Waals surface area contributed by atoms with E-state index in [0.717, 1.165) is 60.5 Å². The van der Waals surface area contributed by atoms with E-state index >= 15 is 0 Å². The van der Waals surface area contributed by atoms with Crippen molar-refractivity contribution in [1.29, 1.82) is 0 Å². The lowest BCUT2D eigenvalue weighted by molar-refractivity contribution is 1.18. The maximum absolute atomic E-state index is 14.0. The zero-order valence-electron chi connectivity index (χ0n) is 30.6. The van der Waals surface area contributed by atoms with Gasteiger partial charge in [0.1, 0.15) is 0 Å². The fourth-order valence-electron chi connectivity index (χ4n) is 9.98. The molecule has 0 bridgehead atoms. The number of hydrogen-bond acceptors (Lipinski definition) is 1. The molecular formula is C53H31N3O. The molecule has 0 saturated carbocycles. The third-order valence-electron chi connectivity index (χ3n) is 12.4. The van der Waals surface area contributed by atoms with E-state index in [-0.39, 0.29) is 5.56 Å². The molecule has 57 heavy (non-hydrogen) atoms. The minimum Gasteiger partial charge on any atom is -0.309 e. The lowest BCUT2D eigenvalue weighted by Gasteiger charge is -2.13. The van der Waals surface area contributed by atoms with Gasteiger partial charge in [0.05, 0.1) is 33.1 Å². The number of nitrogens with zero attached hydrogens (tertiary/aromatic N) is 3. The lowest BCUT2D eigenvalue weighted by atomic mass is 9.96. The van der Waals surface area contributed by atoms with Crippen LogP contribution in [0.25, 0.3) is 115 Å². The quantitative estimate of drug-likeness (QED) is 0.167. The Bertz CT molecular complexity index is 3890. The van der Waals surface area contributed by atoms with Crippen molar-refractivity contribution in [2.24, 2.45) is 0 Å². The van der Waals surface area contributed by atoms with Crippen LogP contribution in [0.1, 0.15) is 0 Å². The monoisotopic (exact) mass is 725 g/mol. The third kappa shape index (κ3) is 4.03. The van der Waals surface area contributed by atoms with Gasteiger partial charge in [-0.15, -0.1) is 0 Å². The molecule has 4 heterocycles. The summed E-state index contributed by atoms with van der Waals surface area (Å²) in [4.78, 5) is 14.0. The highest BCUT2D eigenvalue weighted by atomic mass is 16.1. The fourth-order valence-corrected chi connectivity index (χ4v) is 9.98. The molecule has 0 atom stereocenters. The second-order valence-corrected chi connectivity index (χ2v) is 15.2. The first-order valence-electron chi connectivity index (χ1n) is 19.5. The van der Waals surface area contributed by atoms with Gasteiger partial charge >= 0.3 is 0 Å². The fraction of sp³-hybridized carbons (Fsp3) is 0. The van der Waals surface area contributed by atoms with Crippen LogP contribution >= 0.6 is 0 Å². The van der Waals surface area contributed by atoms with Gasteiger partial charge in [0.2, 0.25) is 0 Å². The highest BCUT2D eigenvalue weighted by Crippen LogP contribution is 2.43. The van der Waals surface area contributed by atoms with Gasteiger partial charge < -0.3 is 9.13 Å². The Kier molecular flexibility index (Phi) is 6.01. The average molecular weight is 726 g/mol. The largest absolute Gasteiger partial charge is 0.309 e. The molecule has 0 N–H and O–H groups in total. The molecule has 4 heteroatoms. The Hall–Kier alpha value is -7.69. The second-order valence-electron chi connectivity index (χ2n) is 15.2. The average Bonchev–Trinajstić information content (AvgIpc) is 3.91. The van der Waals surface area contributed by atoms with Crippen LogP contribution in [-0.4, -0.2) is 13.5 Å². The van der Waals surface area contributed by atoms with E-state index in [0.29, 0.717) is 0 Å². The van der Waals surface area contributed by atoms with Crippen LogP contribution in [0.4, 0.5) is 0 Å². The number of fused-ring (bicyclic) bond motifs is 13. The Morgan fingerprint density at radius 2 is 0.965 bits per heavy atom. The van der Waals surface area contributed by atoms with Crippen molar-refractivity contribution in [1.82, 2.24) is 13.5 Å². The summed E-state index contributed by atoms with van der Waals surface area (Å²) in [5.74, 6) is 0. The number of aromatic nitrogens is 3. The van der Waals surface area contributed by atoms with Gasteiger partial charge in [0.15, 0.2) is 0 Å².